The van der Waals surface area contributed by atoms with E-state index in [0.717, 1.165) is 65.9 Å². The van der Waals surface area contributed by atoms with Crippen LogP contribution in [0.5, 0.6) is 11.8 Å². The van der Waals surface area contributed by atoms with Gasteiger partial charge in [-0.2, -0.15) is 15.2 Å². The Morgan fingerprint density at radius 3 is 2.53 bits per heavy atom. The predicted molar refractivity (Wildman–Crippen MR) is 278 cm³/mol. The Hall–Kier alpha value is -7.09. The van der Waals surface area contributed by atoms with Crippen molar-refractivity contribution in [1.82, 2.24) is 29.3 Å². The van der Waals surface area contributed by atoms with Crippen LogP contribution in [0.25, 0.3) is 33.1 Å². The lowest BCUT2D eigenvalue weighted by molar-refractivity contribution is -0.172. The van der Waals surface area contributed by atoms with Gasteiger partial charge in [-0.3, -0.25) is 9.59 Å². The number of piperazine rings is 1. The molecule has 3 atom stereocenters. The van der Waals surface area contributed by atoms with Crippen LogP contribution in [0, 0.1) is 23.7 Å². The second kappa shape index (κ2) is 18.8. The number of aliphatic hydroxyl groups is 1. The summed E-state index contributed by atoms with van der Waals surface area (Å²) >= 11 is 0. The Bertz CT molecular complexity index is 3320. The van der Waals surface area contributed by atoms with Crippen LogP contribution in [0.4, 0.5) is 11.5 Å². The Labute approximate surface area is 425 Å². The molecule has 0 saturated carbocycles. The number of fused-ring (bicyclic) bond motifs is 7. The summed E-state index contributed by atoms with van der Waals surface area (Å²) in [5.74, 6) is 0.548. The fourth-order valence-corrected chi connectivity index (χ4v) is 12.0. The quantitative estimate of drug-likeness (QED) is 0.124. The lowest BCUT2D eigenvalue weighted by Crippen LogP contribution is -2.59. The van der Waals surface area contributed by atoms with Crippen molar-refractivity contribution in [2.24, 2.45) is 5.41 Å². The van der Waals surface area contributed by atoms with Crippen LogP contribution in [0.15, 0.2) is 65.5 Å². The van der Waals surface area contributed by atoms with Crippen LogP contribution in [-0.2, 0) is 52.5 Å². The molecule has 3 aromatic carbocycles. The normalized spacial score (nSPS) is 20.6. The minimum Gasteiger partial charge on any atom is -0.492 e. The van der Waals surface area contributed by atoms with Crippen LogP contribution in [0.1, 0.15) is 92.5 Å². The van der Waals surface area contributed by atoms with Gasteiger partial charge in [0.15, 0.2) is 5.60 Å². The molecule has 0 spiro atoms. The average molecular weight is 986 g/mol. The standard InChI is InChI=1S/C57H63N9O7/c1-7-39-41-26-38(17-18-45(41)59-50-42(39)29-66-48(50)27-44-43(52(66)67)32-71-54(69)57(44,70)8-2)73-33-56(4,5)53(68)65-25-24-64(28-36(65)19-21-58)51-40-20-23-63(47-16-10-14-35-13-9-12-34(3)49(35)47)30-46(40)60-55(61-51)72-31-37-15-11-22-62(37)6/h9-10,12-14,16-18,26-27,36-37,70H,7-8,11,15,19-20,22-25,28-33H2,1-6H3/t36-,37-,57-/m0/s1. The summed E-state index contributed by atoms with van der Waals surface area (Å²) < 4.78 is 19.9. The van der Waals surface area contributed by atoms with Crippen LogP contribution in [0.2, 0.25) is 0 Å². The topological polar surface area (TPSA) is 179 Å². The molecule has 5 aliphatic rings. The predicted octanol–water partition coefficient (Wildman–Crippen LogP) is 6.97. The molecule has 16 nitrogen and oxygen atoms in total. The number of hydrogen-bond donors (Lipinski definition) is 1. The Morgan fingerprint density at radius 2 is 1.77 bits per heavy atom. The first kappa shape index (κ1) is 48.2. The van der Waals surface area contributed by atoms with Gasteiger partial charge in [0.2, 0.25) is 5.91 Å². The molecule has 1 amide bonds. The Kier molecular flexibility index (Phi) is 12.4. The van der Waals surface area contributed by atoms with Crippen molar-refractivity contribution in [3.05, 3.63) is 110 Å². The zero-order chi connectivity index (χ0) is 50.9. The minimum absolute atomic E-state index is 0.0665. The van der Waals surface area contributed by atoms with Crippen molar-refractivity contribution in [3.63, 3.8) is 0 Å². The van der Waals surface area contributed by atoms with E-state index in [0.29, 0.717) is 80.5 Å². The van der Waals surface area contributed by atoms with Crippen molar-refractivity contribution >= 4 is 45.1 Å². The van der Waals surface area contributed by atoms with Gasteiger partial charge in [-0.1, -0.05) is 44.2 Å². The smallest absolute Gasteiger partial charge is 0.343 e. The number of likely N-dealkylation sites (N-methyl/N-ethyl adjacent to an activating group) is 1. The third kappa shape index (κ3) is 8.30. The number of rotatable bonds is 12. The number of cyclic esters (lactones) is 1. The van der Waals surface area contributed by atoms with Gasteiger partial charge in [0, 0.05) is 65.4 Å². The SMILES string of the molecule is CCc1c2c(nc3ccc(OCC(C)(C)C(=O)N4CCN(c5nc(OC[C@@H]6CCCN6C)nc6c5CCN(c5cccc7cccc(C)c57)C6)C[C@@H]4CC#N)cc13)-c1cc3c(c(=O)n1C2)COC(=O)[C@]3(O)CC. The van der Waals surface area contributed by atoms with Crippen molar-refractivity contribution in [2.75, 3.05) is 62.8 Å². The number of amides is 1. The third-order valence-electron chi connectivity index (χ3n) is 16.2. The van der Waals surface area contributed by atoms with Gasteiger partial charge >= 0.3 is 12.0 Å². The molecule has 5 aliphatic heterocycles. The Morgan fingerprint density at radius 1 is 0.945 bits per heavy atom. The van der Waals surface area contributed by atoms with Gasteiger partial charge in [-0.25, -0.2) is 9.78 Å². The highest BCUT2D eigenvalue weighted by Gasteiger charge is 2.46. The lowest BCUT2D eigenvalue weighted by atomic mass is 9.86. The summed E-state index contributed by atoms with van der Waals surface area (Å²) in [5.41, 5.74) is 5.66. The molecule has 11 rings (SSSR count). The summed E-state index contributed by atoms with van der Waals surface area (Å²) in [7, 11) is 2.14. The van der Waals surface area contributed by atoms with Crippen LogP contribution >= 0.6 is 0 Å². The van der Waals surface area contributed by atoms with E-state index >= 15 is 0 Å². The van der Waals surface area contributed by atoms with E-state index in [1.54, 1.807) is 17.6 Å². The summed E-state index contributed by atoms with van der Waals surface area (Å²) in [6.07, 6.45) is 3.80. The number of aryl methyl sites for hydroxylation is 2. The number of aromatic nitrogens is 4. The molecular formula is C57H63N9O7. The maximum absolute atomic E-state index is 14.7. The fourth-order valence-electron chi connectivity index (χ4n) is 12.0. The molecule has 378 valence electrons. The average Bonchev–Trinajstić information content (AvgIpc) is 3.99. The summed E-state index contributed by atoms with van der Waals surface area (Å²) in [4.78, 5) is 65.4. The highest BCUT2D eigenvalue weighted by molar-refractivity contribution is 5.97. The largest absolute Gasteiger partial charge is 0.492 e. The minimum atomic E-state index is -1.91. The van der Waals surface area contributed by atoms with Gasteiger partial charge in [0.25, 0.3) is 5.56 Å². The van der Waals surface area contributed by atoms with Crippen LogP contribution in [0.3, 0.4) is 0 Å². The van der Waals surface area contributed by atoms with Crippen LogP contribution < -0.4 is 24.8 Å². The van der Waals surface area contributed by atoms with E-state index in [9.17, 15) is 24.8 Å². The number of carbonyl (C=O) groups excluding carboxylic acids is 2. The maximum Gasteiger partial charge on any atom is 0.343 e. The van der Waals surface area contributed by atoms with E-state index in [4.69, 9.17) is 29.2 Å². The molecule has 73 heavy (non-hydrogen) atoms. The first-order valence-electron chi connectivity index (χ1n) is 25.9. The number of nitrogens with zero attached hydrogens (tertiary/aromatic N) is 9. The van der Waals surface area contributed by atoms with E-state index in [1.807, 2.05) is 36.9 Å². The molecule has 16 heteroatoms. The van der Waals surface area contributed by atoms with Gasteiger partial charge in [-0.05, 0) is 113 Å². The number of pyridine rings is 2. The Balaban J connectivity index is 0.825. The molecule has 2 saturated heterocycles. The number of carbonyl (C=O) groups is 2. The molecule has 1 N–H and O–H groups in total. The maximum atomic E-state index is 14.7. The number of nitriles is 1. The van der Waals surface area contributed by atoms with E-state index in [2.05, 4.69) is 78.1 Å². The number of anilines is 2. The van der Waals surface area contributed by atoms with Crippen molar-refractivity contribution in [3.8, 4) is 29.2 Å². The highest BCUT2D eigenvalue weighted by Crippen LogP contribution is 2.42. The summed E-state index contributed by atoms with van der Waals surface area (Å²) in [6.45, 7) is 14.2. The molecule has 6 aromatic rings. The van der Waals surface area contributed by atoms with E-state index in [-0.39, 0.29) is 48.6 Å². The van der Waals surface area contributed by atoms with Gasteiger partial charge in [0.05, 0.1) is 65.2 Å². The zero-order valence-corrected chi connectivity index (χ0v) is 42.7. The first-order chi connectivity index (χ1) is 35.2. The molecule has 8 heterocycles. The number of likely N-dealkylation sites (tertiary alicyclic amines) is 1. The first-order valence-corrected chi connectivity index (χ1v) is 25.9. The van der Waals surface area contributed by atoms with Gasteiger partial charge in [-0.15, -0.1) is 0 Å². The molecule has 0 bridgehead atoms. The van der Waals surface area contributed by atoms with Gasteiger partial charge < -0.3 is 43.5 Å². The van der Waals surface area contributed by atoms with E-state index < -0.39 is 23.0 Å². The molecule has 0 aliphatic carbocycles. The number of benzene rings is 3. The zero-order valence-electron chi connectivity index (χ0n) is 42.7. The fraction of sp³-hybridized carbons (Fsp3) is 0.456. The summed E-state index contributed by atoms with van der Waals surface area (Å²) in [6, 6.07) is 23.0. The van der Waals surface area contributed by atoms with E-state index in [1.165, 1.54) is 22.0 Å². The number of esters is 1. The number of hydrogen-bond acceptors (Lipinski definition) is 14. The van der Waals surface area contributed by atoms with Crippen LogP contribution in [-0.4, -0.2) is 111 Å². The monoisotopic (exact) mass is 985 g/mol. The molecule has 0 unspecified atom stereocenters. The highest BCUT2D eigenvalue weighted by atomic mass is 16.6. The van der Waals surface area contributed by atoms with Crippen molar-refractivity contribution < 1.29 is 28.9 Å². The molecule has 2 fully saturated rings. The molecular weight excluding hydrogens is 923 g/mol. The van der Waals surface area contributed by atoms with Crippen molar-refractivity contribution in [2.45, 2.75) is 111 Å². The third-order valence-corrected chi connectivity index (χ3v) is 16.2. The lowest BCUT2D eigenvalue weighted by Gasteiger charge is -2.44. The molecule has 0 radical (unpaired) electrons. The molecule has 3 aromatic heterocycles. The second-order valence-corrected chi connectivity index (χ2v) is 21.2. The summed E-state index contributed by atoms with van der Waals surface area (Å²) in [5, 5.41) is 24.9. The van der Waals surface area contributed by atoms with Gasteiger partial charge in [0.1, 0.15) is 31.4 Å². The van der Waals surface area contributed by atoms with Crippen molar-refractivity contribution in [1.29, 1.82) is 5.26 Å². The number of ether oxygens (including phenoxy) is 3. The second-order valence-electron chi connectivity index (χ2n) is 21.2.